The van der Waals surface area contributed by atoms with Crippen LogP contribution in [0.15, 0.2) is 18.2 Å². The average molecular weight is 230 g/mol. The molecule has 0 aromatic heterocycles. The molecule has 1 atom stereocenters. The zero-order valence-electron chi connectivity index (χ0n) is 9.19. The van der Waals surface area contributed by atoms with E-state index in [4.69, 9.17) is 11.6 Å². The molecule has 84 valence electrons. The van der Waals surface area contributed by atoms with Gasteiger partial charge < -0.3 is 5.32 Å². The molecule has 1 N–H and O–H groups in total. The first-order valence-electron chi connectivity index (χ1n) is 5.28. The molecule has 1 nitrogen and oxygen atoms in total. The monoisotopic (exact) mass is 229 g/mol. The maximum atomic E-state index is 13.4. The van der Waals surface area contributed by atoms with Crippen LogP contribution in [0.2, 0.25) is 5.02 Å². The Balaban J connectivity index is 2.59. The number of rotatable bonds is 5. The summed E-state index contributed by atoms with van der Waals surface area (Å²) < 4.78 is 13.4. The quantitative estimate of drug-likeness (QED) is 0.817. The minimum atomic E-state index is -0.164. The number of hydrogen-bond acceptors (Lipinski definition) is 1. The topological polar surface area (TPSA) is 12.0 Å². The summed E-state index contributed by atoms with van der Waals surface area (Å²) >= 11 is 5.82. The van der Waals surface area contributed by atoms with Crippen LogP contribution >= 0.6 is 11.6 Å². The van der Waals surface area contributed by atoms with E-state index in [-0.39, 0.29) is 5.82 Å². The largest absolute Gasteiger partial charge is 0.317 e. The minimum absolute atomic E-state index is 0.164. The van der Waals surface area contributed by atoms with Gasteiger partial charge in [-0.1, -0.05) is 25.4 Å². The van der Waals surface area contributed by atoms with Crippen LogP contribution in [0.5, 0.6) is 0 Å². The third kappa shape index (κ3) is 4.18. The summed E-state index contributed by atoms with van der Waals surface area (Å²) in [7, 11) is 0. The Bertz CT molecular complexity index is 314. The number of hydrogen-bond donors (Lipinski definition) is 1. The summed E-state index contributed by atoms with van der Waals surface area (Å²) in [5, 5.41) is 3.85. The Labute approximate surface area is 95.6 Å². The third-order valence-electron chi connectivity index (χ3n) is 2.32. The Morgan fingerprint density at radius 1 is 1.47 bits per heavy atom. The van der Waals surface area contributed by atoms with E-state index in [1.54, 1.807) is 12.1 Å². The lowest BCUT2D eigenvalue weighted by atomic mass is 10.0. The van der Waals surface area contributed by atoms with Crippen molar-refractivity contribution in [3.8, 4) is 0 Å². The second-order valence-electron chi connectivity index (χ2n) is 3.85. The molecule has 0 radical (unpaired) electrons. The molecule has 0 aliphatic heterocycles. The zero-order chi connectivity index (χ0) is 11.3. The first kappa shape index (κ1) is 12.5. The first-order valence-corrected chi connectivity index (χ1v) is 5.66. The Morgan fingerprint density at radius 3 is 2.87 bits per heavy atom. The Morgan fingerprint density at radius 2 is 2.20 bits per heavy atom. The van der Waals surface area contributed by atoms with Crippen molar-refractivity contribution >= 4 is 11.6 Å². The van der Waals surface area contributed by atoms with Crippen molar-refractivity contribution in [3.63, 3.8) is 0 Å². The lowest BCUT2D eigenvalue weighted by Gasteiger charge is -2.12. The molecule has 15 heavy (non-hydrogen) atoms. The van der Waals surface area contributed by atoms with Crippen LogP contribution in [0.3, 0.4) is 0 Å². The van der Waals surface area contributed by atoms with Crippen molar-refractivity contribution in [2.24, 2.45) is 5.92 Å². The van der Waals surface area contributed by atoms with Gasteiger partial charge in [0.1, 0.15) is 5.82 Å². The van der Waals surface area contributed by atoms with Gasteiger partial charge in [-0.2, -0.15) is 0 Å². The summed E-state index contributed by atoms with van der Waals surface area (Å²) in [5.74, 6) is 0.251. The van der Waals surface area contributed by atoms with E-state index in [9.17, 15) is 4.39 Å². The van der Waals surface area contributed by atoms with Gasteiger partial charge in [0.2, 0.25) is 0 Å². The first-order chi connectivity index (χ1) is 7.13. The molecule has 0 spiro atoms. The summed E-state index contributed by atoms with van der Waals surface area (Å²) in [6.45, 7) is 6.01. The van der Waals surface area contributed by atoms with Crippen molar-refractivity contribution in [2.45, 2.75) is 20.3 Å². The maximum absolute atomic E-state index is 13.4. The fourth-order valence-corrected chi connectivity index (χ4v) is 1.73. The molecule has 3 heteroatoms. The van der Waals surface area contributed by atoms with Crippen LogP contribution in [0.1, 0.15) is 19.4 Å². The molecule has 0 heterocycles. The van der Waals surface area contributed by atoms with Gasteiger partial charge in [-0.25, -0.2) is 4.39 Å². The molecule has 0 bridgehead atoms. The number of nitrogens with one attached hydrogen (secondary N) is 1. The normalized spacial score (nSPS) is 12.8. The molecule has 1 unspecified atom stereocenters. The predicted octanol–water partition coefficient (Wildman–Crippen LogP) is 3.27. The van der Waals surface area contributed by atoms with Crippen molar-refractivity contribution in [3.05, 3.63) is 34.6 Å². The molecule has 0 saturated carbocycles. The Kier molecular flexibility index (Phi) is 5.06. The van der Waals surface area contributed by atoms with Crippen molar-refractivity contribution in [2.75, 3.05) is 13.1 Å². The molecule has 0 amide bonds. The van der Waals surface area contributed by atoms with Gasteiger partial charge in [0.05, 0.1) is 0 Å². The van der Waals surface area contributed by atoms with Gasteiger partial charge in [0.15, 0.2) is 0 Å². The highest BCUT2D eigenvalue weighted by Crippen LogP contribution is 2.17. The molecule has 0 fully saturated rings. The van der Waals surface area contributed by atoms with Crippen LogP contribution in [-0.4, -0.2) is 13.1 Å². The van der Waals surface area contributed by atoms with Crippen molar-refractivity contribution < 1.29 is 4.39 Å². The van der Waals surface area contributed by atoms with Crippen molar-refractivity contribution in [1.82, 2.24) is 5.32 Å². The van der Waals surface area contributed by atoms with Crippen LogP contribution in [0.25, 0.3) is 0 Å². The fourth-order valence-electron chi connectivity index (χ4n) is 1.54. The highest BCUT2D eigenvalue weighted by molar-refractivity contribution is 6.30. The van der Waals surface area contributed by atoms with E-state index in [0.717, 1.165) is 19.5 Å². The lowest BCUT2D eigenvalue weighted by Crippen LogP contribution is -2.22. The average Bonchev–Trinajstić information content (AvgIpc) is 2.20. The second-order valence-corrected chi connectivity index (χ2v) is 4.29. The van der Waals surface area contributed by atoms with Gasteiger partial charge in [-0.05, 0) is 49.2 Å². The molecule has 1 rings (SSSR count). The van der Waals surface area contributed by atoms with E-state index in [0.29, 0.717) is 16.5 Å². The van der Waals surface area contributed by atoms with Gasteiger partial charge >= 0.3 is 0 Å². The van der Waals surface area contributed by atoms with E-state index in [2.05, 4.69) is 19.2 Å². The lowest BCUT2D eigenvalue weighted by molar-refractivity contribution is 0.505. The predicted molar refractivity (Wildman–Crippen MR) is 62.8 cm³/mol. The second kappa shape index (κ2) is 6.09. The van der Waals surface area contributed by atoms with Crippen LogP contribution in [0.4, 0.5) is 4.39 Å². The molecule has 0 saturated heterocycles. The molecule has 0 aliphatic carbocycles. The summed E-state index contributed by atoms with van der Waals surface area (Å²) in [4.78, 5) is 0. The van der Waals surface area contributed by atoms with E-state index >= 15 is 0 Å². The highest BCUT2D eigenvalue weighted by Gasteiger charge is 2.08. The van der Waals surface area contributed by atoms with E-state index in [1.807, 2.05) is 0 Å². The van der Waals surface area contributed by atoms with Gasteiger partial charge in [0, 0.05) is 5.02 Å². The Hall–Kier alpha value is -0.600. The highest BCUT2D eigenvalue weighted by atomic mass is 35.5. The van der Waals surface area contributed by atoms with Gasteiger partial charge in [-0.3, -0.25) is 0 Å². The summed E-state index contributed by atoms with van der Waals surface area (Å²) in [6.07, 6.45) is 0.722. The smallest absolute Gasteiger partial charge is 0.126 e. The molecular formula is C12H17ClFN. The standard InChI is InChI=1S/C12H17ClFN/c1-3-15-8-9(2)6-10-7-11(13)4-5-12(10)14/h4-5,7,9,15H,3,6,8H2,1-2H3. The van der Waals surface area contributed by atoms with Crippen LogP contribution in [-0.2, 0) is 6.42 Å². The van der Waals surface area contributed by atoms with Crippen LogP contribution in [0, 0.1) is 11.7 Å². The van der Waals surface area contributed by atoms with E-state index in [1.165, 1.54) is 6.07 Å². The summed E-state index contributed by atoms with van der Waals surface area (Å²) in [5.41, 5.74) is 0.702. The molecular weight excluding hydrogens is 213 g/mol. The van der Waals surface area contributed by atoms with Crippen LogP contribution < -0.4 is 5.32 Å². The molecule has 0 aliphatic rings. The number of benzene rings is 1. The van der Waals surface area contributed by atoms with E-state index < -0.39 is 0 Å². The SMILES string of the molecule is CCNCC(C)Cc1cc(Cl)ccc1F. The molecule has 1 aromatic rings. The number of halogens is 2. The van der Waals surface area contributed by atoms with Crippen molar-refractivity contribution in [1.29, 1.82) is 0 Å². The zero-order valence-corrected chi connectivity index (χ0v) is 9.94. The maximum Gasteiger partial charge on any atom is 0.126 e. The van der Waals surface area contributed by atoms with Gasteiger partial charge in [0.25, 0.3) is 0 Å². The molecule has 1 aromatic carbocycles. The minimum Gasteiger partial charge on any atom is -0.317 e. The summed E-state index contributed by atoms with van der Waals surface area (Å²) in [6, 6.07) is 4.71. The third-order valence-corrected chi connectivity index (χ3v) is 2.55. The van der Waals surface area contributed by atoms with Gasteiger partial charge in [-0.15, -0.1) is 0 Å². The fraction of sp³-hybridized carbons (Fsp3) is 0.500.